The lowest BCUT2D eigenvalue weighted by atomic mass is 10.0. The van der Waals surface area contributed by atoms with E-state index in [0.29, 0.717) is 21.5 Å². The summed E-state index contributed by atoms with van der Waals surface area (Å²) in [6, 6.07) is 10.0. The van der Waals surface area contributed by atoms with Crippen LogP contribution in [0.4, 0.5) is 4.39 Å². The van der Waals surface area contributed by atoms with Crippen LogP contribution >= 0.6 is 11.6 Å². The molecule has 0 radical (unpaired) electrons. The second-order valence-electron chi connectivity index (χ2n) is 4.66. The third-order valence-corrected chi connectivity index (χ3v) is 3.56. The molecule has 20 heavy (non-hydrogen) atoms. The van der Waals surface area contributed by atoms with Gasteiger partial charge >= 0.3 is 0 Å². The SMILES string of the molecule is Cc1cccc(C(=O)c2c[nH]c3ccc(Cl)cc23)c1F. The number of aryl methyl sites for hydroxylation is 1. The van der Waals surface area contributed by atoms with Crippen LogP contribution in [0.5, 0.6) is 0 Å². The standard InChI is InChI=1S/C16H11ClFNO/c1-9-3-2-4-11(15(9)18)16(20)13-8-19-14-6-5-10(17)7-12(13)14/h2-8,19H,1H3. The molecule has 3 rings (SSSR count). The number of aromatic amines is 1. The summed E-state index contributed by atoms with van der Waals surface area (Å²) < 4.78 is 14.1. The van der Waals surface area contributed by atoms with Gasteiger partial charge in [0.05, 0.1) is 5.56 Å². The lowest BCUT2D eigenvalue weighted by Crippen LogP contribution is -2.04. The summed E-state index contributed by atoms with van der Waals surface area (Å²) in [5.74, 6) is -0.825. The van der Waals surface area contributed by atoms with Gasteiger partial charge in [0, 0.05) is 27.7 Å². The van der Waals surface area contributed by atoms with Crippen molar-refractivity contribution in [2.45, 2.75) is 6.92 Å². The summed E-state index contributed by atoms with van der Waals surface area (Å²) in [4.78, 5) is 15.5. The Labute approximate surface area is 120 Å². The summed E-state index contributed by atoms with van der Waals surface area (Å²) in [7, 11) is 0. The highest BCUT2D eigenvalue weighted by molar-refractivity contribution is 6.31. The van der Waals surface area contributed by atoms with E-state index in [1.54, 1.807) is 43.5 Å². The van der Waals surface area contributed by atoms with Crippen molar-refractivity contribution in [2.75, 3.05) is 0 Å². The average molecular weight is 288 g/mol. The first-order valence-electron chi connectivity index (χ1n) is 6.14. The van der Waals surface area contributed by atoms with E-state index in [-0.39, 0.29) is 11.3 Å². The van der Waals surface area contributed by atoms with Gasteiger partial charge in [0.2, 0.25) is 0 Å². The van der Waals surface area contributed by atoms with Crippen molar-refractivity contribution in [3.63, 3.8) is 0 Å². The van der Waals surface area contributed by atoms with Gasteiger partial charge in [0.1, 0.15) is 5.82 Å². The lowest BCUT2D eigenvalue weighted by molar-refractivity contribution is 0.103. The Morgan fingerprint density at radius 2 is 2.00 bits per heavy atom. The molecule has 1 heterocycles. The van der Waals surface area contributed by atoms with Crippen LogP contribution in [0.25, 0.3) is 10.9 Å². The molecule has 3 aromatic rings. The van der Waals surface area contributed by atoms with E-state index < -0.39 is 5.82 Å². The van der Waals surface area contributed by atoms with Crippen LogP contribution in [0, 0.1) is 12.7 Å². The number of hydrogen-bond donors (Lipinski definition) is 1. The summed E-state index contributed by atoms with van der Waals surface area (Å²) in [6.07, 6.45) is 1.59. The average Bonchev–Trinajstić information content (AvgIpc) is 2.84. The number of fused-ring (bicyclic) bond motifs is 1. The molecule has 1 aromatic heterocycles. The number of carbonyl (C=O) groups is 1. The molecule has 2 aromatic carbocycles. The van der Waals surface area contributed by atoms with Crippen LogP contribution in [0.3, 0.4) is 0 Å². The minimum Gasteiger partial charge on any atom is -0.360 e. The molecule has 0 aliphatic heterocycles. The van der Waals surface area contributed by atoms with E-state index in [0.717, 1.165) is 5.52 Å². The van der Waals surface area contributed by atoms with Crippen molar-refractivity contribution in [1.29, 1.82) is 0 Å². The van der Waals surface area contributed by atoms with Crippen molar-refractivity contribution < 1.29 is 9.18 Å². The molecule has 0 atom stereocenters. The molecule has 0 bridgehead atoms. The largest absolute Gasteiger partial charge is 0.360 e. The quantitative estimate of drug-likeness (QED) is 0.692. The molecule has 0 spiro atoms. The second kappa shape index (κ2) is 4.76. The first kappa shape index (κ1) is 12.9. The lowest BCUT2D eigenvalue weighted by Gasteiger charge is -2.04. The number of hydrogen-bond acceptors (Lipinski definition) is 1. The number of benzene rings is 2. The van der Waals surface area contributed by atoms with Crippen LogP contribution < -0.4 is 0 Å². The molecule has 100 valence electrons. The van der Waals surface area contributed by atoms with Crippen LogP contribution in [0.2, 0.25) is 5.02 Å². The molecule has 4 heteroatoms. The Hall–Kier alpha value is -2.13. The van der Waals surface area contributed by atoms with Crippen LogP contribution in [-0.2, 0) is 0 Å². The maximum Gasteiger partial charge on any atom is 0.198 e. The fraction of sp³-hybridized carbons (Fsp3) is 0.0625. The summed E-state index contributed by atoms with van der Waals surface area (Å²) in [6.45, 7) is 1.64. The molecule has 0 saturated heterocycles. The molecule has 0 aliphatic rings. The van der Waals surface area contributed by atoms with Crippen molar-refractivity contribution in [3.05, 3.63) is 70.1 Å². The molecule has 0 unspecified atom stereocenters. The Morgan fingerprint density at radius 1 is 1.20 bits per heavy atom. The number of aromatic nitrogens is 1. The topological polar surface area (TPSA) is 32.9 Å². The molecule has 0 fully saturated rings. The van der Waals surface area contributed by atoms with Gasteiger partial charge < -0.3 is 4.98 Å². The normalized spacial score (nSPS) is 10.9. The summed E-state index contributed by atoms with van der Waals surface area (Å²) >= 11 is 5.96. The molecule has 0 aliphatic carbocycles. The zero-order chi connectivity index (χ0) is 14.3. The van der Waals surface area contributed by atoms with Crippen molar-refractivity contribution in [3.8, 4) is 0 Å². The van der Waals surface area contributed by atoms with Crippen molar-refractivity contribution in [1.82, 2.24) is 4.98 Å². The zero-order valence-electron chi connectivity index (χ0n) is 10.7. The highest BCUT2D eigenvalue weighted by atomic mass is 35.5. The van der Waals surface area contributed by atoms with Gasteiger partial charge in [-0.25, -0.2) is 4.39 Å². The third-order valence-electron chi connectivity index (χ3n) is 3.32. The van der Waals surface area contributed by atoms with Gasteiger partial charge in [0.15, 0.2) is 5.78 Å². The minimum atomic E-state index is -0.478. The fourth-order valence-corrected chi connectivity index (χ4v) is 2.42. The maximum atomic E-state index is 14.1. The Bertz CT molecular complexity index is 822. The fourth-order valence-electron chi connectivity index (χ4n) is 2.25. The maximum absolute atomic E-state index is 14.1. The van der Waals surface area contributed by atoms with Gasteiger partial charge in [-0.05, 0) is 36.8 Å². The zero-order valence-corrected chi connectivity index (χ0v) is 11.5. The molecular formula is C16H11ClFNO. The number of carbonyl (C=O) groups excluding carboxylic acids is 1. The third kappa shape index (κ3) is 2.00. The van der Waals surface area contributed by atoms with E-state index in [1.807, 2.05) is 0 Å². The molecule has 1 N–H and O–H groups in total. The van der Waals surface area contributed by atoms with Crippen molar-refractivity contribution >= 4 is 28.3 Å². The van der Waals surface area contributed by atoms with Crippen LogP contribution in [-0.4, -0.2) is 10.8 Å². The minimum absolute atomic E-state index is 0.0749. The molecule has 0 amide bonds. The van der Waals surface area contributed by atoms with Gasteiger partial charge in [-0.2, -0.15) is 0 Å². The Balaban J connectivity index is 2.18. The van der Waals surface area contributed by atoms with E-state index in [1.165, 1.54) is 6.07 Å². The predicted octanol–water partition coefficient (Wildman–Crippen LogP) is 4.50. The smallest absolute Gasteiger partial charge is 0.198 e. The highest BCUT2D eigenvalue weighted by Gasteiger charge is 2.18. The Morgan fingerprint density at radius 3 is 2.80 bits per heavy atom. The van der Waals surface area contributed by atoms with Gasteiger partial charge in [-0.3, -0.25) is 4.79 Å². The van der Waals surface area contributed by atoms with E-state index >= 15 is 0 Å². The van der Waals surface area contributed by atoms with Crippen LogP contribution in [0.1, 0.15) is 21.5 Å². The van der Waals surface area contributed by atoms with E-state index in [2.05, 4.69) is 4.98 Å². The van der Waals surface area contributed by atoms with E-state index in [4.69, 9.17) is 11.6 Å². The van der Waals surface area contributed by atoms with E-state index in [9.17, 15) is 9.18 Å². The van der Waals surface area contributed by atoms with Crippen LogP contribution in [0.15, 0.2) is 42.6 Å². The Kier molecular flexibility index (Phi) is 3.07. The first-order valence-corrected chi connectivity index (χ1v) is 6.52. The van der Waals surface area contributed by atoms with Gasteiger partial charge in [0.25, 0.3) is 0 Å². The van der Waals surface area contributed by atoms with Crippen molar-refractivity contribution in [2.24, 2.45) is 0 Å². The number of nitrogens with one attached hydrogen (secondary N) is 1. The molecular weight excluding hydrogens is 277 g/mol. The molecule has 2 nitrogen and oxygen atoms in total. The number of halogens is 2. The summed E-state index contributed by atoms with van der Waals surface area (Å²) in [5.41, 5.74) is 1.75. The number of rotatable bonds is 2. The second-order valence-corrected chi connectivity index (χ2v) is 5.09. The number of H-pyrrole nitrogens is 1. The molecule has 0 saturated carbocycles. The van der Waals surface area contributed by atoms with Gasteiger partial charge in [-0.15, -0.1) is 0 Å². The van der Waals surface area contributed by atoms with Gasteiger partial charge in [-0.1, -0.05) is 23.7 Å². The highest BCUT2D eigenvalue weighted by Crippen LogP contribution is 2.25. The summed E-state index contributed by atoms with van der Waals surface area (Å²) in [5, 5.41) is 1.24. The predicted molar refractivity (Wildman–Crippen MR) is 77.9 cm³/mol. The number of ketones is 1. The first-order chi connectivity index (χ1) is 9.58. The monoisotopic (exact) mass is 287 g/mol.